The number of guanidine groups is 1. The molecule has 2 atom stereocenters. The molecule has 0 bridgehead atoms. The molecular weight excluding hydrogens is 431 g/mol. The Morgan fingerprint density at radius 3 is 2.48 bits per heavy atom. The molecule has 0 aromatic carbocycles. The van der Waals surface area contributed by atoms with E-state index in [0.29, 0.717) is 12.5 Å². The van der Waals surface area contributed by atoms with Gasteiger partial charge in [0.05, 0.1) is 19.6 Å². The normalized spacial score (nSPS) is 25.2. The van der Waals surface area contributed by atoms with Crippen LogP contribution in [0.25, 0.3) is 0 Å². The summed E-state index contributed by atoms with van der Waals surface area (Å²) in [5.41, 5.74) is 0. The van der Waals surface area contributed by atoms with Crippen molar-refractivity contribution in [3.8, 4) is 0 Å². The van der Waals surface area contributed by atoms with E-state index >= 15 is 0 Å². The molecule has 2 aliphatic rings. The zero-order chi connectivity index (χ0) is 17.4. The van der Waals surface area contributed by atoms with E-state index in [4.69, 9.17) is 9.73 Å². The maximum absolute atomic E-state index is 11.9. The second-order valence-corrected chi connectivity index (χ2v) is 7.00. The fourth-order valence-corrected chi connectivity index (χ4v) is 3.68. The first kappa shape index (κ1) is 22.5. The summed E-state index contributed by atoms with van der Waals surface area (Å²) in [5.74, 6) is 1.08. The maximum Gasteiger partial charge on any atom is 0.310 e. The highest BCUT2D eigenvalue weighted by Crippen LogP contribution is 2.24. The van der Waals surface area contributed by atoms with Crippen molar-refractivity contribution >= 4 is 35.9 Å². The third kappa shape index (κ3) is 6.92. The molecule has 6 nitrogen and oxygen atoms in total. The van der Waals surface area contributed by atoms with Gasteiger partial charge in [0.2, 0.25) is 0 Å². The zero-order valence-corrected chi connectivity index (χ0v) is 18.3. The predicted molar refractivity (Wildman–Crippen MR) is 113 cm³/mol. The number of esters is 1. The number of aliphatic imine (C=N–C) groups is 1. The van der Waals surface area contributed by atoms with Gasteiger partial charge in [0.25, 0.3) is 0 Å². The summed E-state index contributed by atoms with van der Waals surface area (Å²) < 4.78 is 4.93. The van der Waals surface area contributed by atoms with E-state index < -0.39 is 0 Å². The van der Waals surface area contributed by atoms with Crippen molar-refractivity contribution in [1.82, 2.24) is 15.1 Å². The van der Waals surface area contributed by atoms with Crippen molar-refractivity contribution in [2.75, 3.05) is 52.9 Å². The maximum atomic E-state index is 11.9. The Kier molecular flexibility index (Phi) is 10.7. The second-order valence-electron chi connectivity index (χ2n) is 7.00. The molecule has 2 unspecified atom stereocenters. The number of hydrogen-bond donors (Lipinski definition) is 1. The second kappa shape index (κ2) is 11.9. The molecule has 0 spiro atoms. The van der Waals surface area contributed by atoms with Gasteiger partial charge in [0.15, 0.2) is 5.96 Å². The van der Waals surface area contributed by atoms with Crippen LogP contribution in [0.1, 0.15) is 39.5 Å². The van der Waals surface area contributed by atoms with Crippen molar-refractivity contribution in [3.63, 3.8) is 0 Å². The first-order valence-electron chi connectivity index (χ1n) is 9.49. The van der Waals surface area contributed by atoms with Gasteiger partial charge in [-0.05, 0) is 38.8 Å². The van der Waals surface area contributed by atoms with Crippen molar-refractivity contribution in [2.24, 2.45) is 16.8 Å². The lowest BCUT2D eigenvalue weighted by Gasteiger charge is -2.23. The Morgan fingerprint density at radius 1 is 1.20 bits per heavy atom. The van der Waals surface area contributed by atoms with Crippen LogP contribution in [0.3, 0.4) is 0 Å². The topological polar surface area (TPSA) is 57.2 Å². The number of carbonyl (C=O) groups is 1. The highest BCUT2D eigenvalue weighted by molar-refractivity contribution is 14.0. The summed E-state index contributed by atoms with van der Waals surface area (Å²) in [6, 6.07) is 0. The molecular formula is C18H35IN4O2. The van der Waals surface area contributed by atoms with Gasteiger partial charge in [-0.15, -0.1) is 24.0 Å². The first-order valence-corrected chi connectivity index (χ1v) is 9.49. The van der Waals surface area contributed by atoms with Crippen molar-refractivity contribution in [2.45, 2.75) is 39.5 Å². The van der Waals surface area contributed by atoms with Crippen LogP contribution in [-0.2, 0) is 9.53 Å². The number of carbonyl (C=O) groups excluding carboxylic acids is 1. The van der Waals surface area contributed by atoms with E-state index in [-0.39, 0.29) is 35.9 Å². The number of ether oxygens (including phenoxy) is 1. The van der Waals surface area contributed by atoms with Crippen molar-refractivity contribution < 1.29 is 9.53 Å². The first-order chi connectivity index (χ1) is 11.7. The van der Waals surface area contributed by atoms with Crippen LogP contribution in [0.2, 0.25) is 0 Å². The van der Waals surface area contributed by atoms with E-state index in [2.05, 4.69) is 29.0 Å². The number of hydrogen-bond acceptors (Lipinski definition) is 4. The minimum atomic E-state index is -0.106. The van der Waals surface area contributed by atoms with Gasteiger partial charge in [0, 0.05) is 26.2 Å². The summed E-state index contributed by atoms with van der Waals surface area (Å²) in [4.78, 5) is 21.4. The van der Waals surface area contributed by atoms with Crippen LogP contribution in [0.5, 0.6) is 0 Å². The van der Waals surface area contributed by atoms with Gasteiger partial charge in [0.1, 0.15) is 0 Å². The molecule has 146 valence electrons. The fraction of sp³-hybridized carbons (Fsp3) is 0.889. The largest absolute Gasteiger partial charge is 0.469 e. The van der Waals surface area contributed by atoms with Crippen LogP contribution in [0.15, 0.2) is 4.99 Å². The van der Waals surface area contributed by atoms with Gasteiger partial charge in [-0.2, -0.15) is 0 Å². The van der Waals surface area contributed by atoms with E-state index in [1.165, 1.54) is 45.9 Å². The molecule has 2 heterocycles. The predicted octanol–water partition coefficient (Wildman–Crippen LogP) is 2.19. The Hall–Kier alpha value is -0.570. The Morgan fingerprint density at radius 2 is 1.88 bits per heavy atom. The number of halogens is 1. The molecule has 2 saturated heterocycles. The van der Waals surface area contributed by atoms with Crippen LogP contribution < -0.4 is 5.32 Å². The molecule has 7 heteroatoms. The summed E-state index contributed by atoms with van der Waals surface area (Å²) in [6.07, 6.45) is 5.36. The lowest BCUT2D eigenvalue weighted by Crippen LogP contribution is -2.41. The number of nitrogens with zero attached hydrogens (tertiary/aromatic N) is 3. The third-order valence-corrected chi connectivity index (χ3v) is 5.13. The van der Waals surface area contributed by atoms with Crippen LogP contribution in [0.4, 0.5) is 0 Å². The van der Waals surface area contributed by atoms with Crippen LogP contribution in [0, 0.1) is 11.8 Å². The third-order valence-electron chi connectivity index (χ3n) is 5.13. The highest BCUT2D eigenvalue weighted by atomic mass is 127. The van der Waals surface area contributed by atoms with Crippen LogP contribution in [-0.4, -0.2) is 74.7 Å². The smallest absolute Gasteiger partial charge is 0.310 e. The highest BCUT2D eigenvalue weighted by Gasteiger charge is 2.36. The molecule has 0 radical (unpaired) electrons. The molecule has 0 aliphatic carbocycles. The number of methoxy groups -OCH3 is 1. The lowest BCUT2D eigenvalue weighted by atomic mass is 9.99. The number of nitrogens with one attached hydrogen (secondary N) is 1. The van der Waals surface area contributed by atoms with Crippen molar-refractivity contribution in [3.05, 3.63) is 0 Å². The van der Waals surface area contributed by atoms with Gasteiger partial charge < -0.3 is 19.9 Å². The molecule has 0 aromatic heterocycles. The van der Waals surface area contributed by atoms with E-state index in [0.717, 1.165) is 32.1 Å². The standard InChI is InChI=1S/C18H34N4O2.HI/c1-4-19-18(20-9-12-21-10-7-5-6-8-11-21)22-13-15(2)16(14-22)17(23)24-3;/h15-16H,4-14H2,1-3H3,(H,19,20);1H. The quantitative estimate of drug-likeness (QED) is 0.292. The molecule has 0 amide bonds. The summed E-state index contributed by atoms with van der Waals surface area (Å²) >= 11 is 0. The summed E-state index contributed by atoms with van der Waals surface area (Å²) in [6.45, 7) is 10.8. The average Bonchev–Trinajstić information content (AvgIpc) is 2.79. The fourth-order valence-electron chi connectivity index (χ4n) is 3.68. The number of rotatable bonds is 5. The summed E-state index contributed by atoms with van der Waals surface area (Å²) in [5, 5.41) is 3.38. The molecule has 0 aromatic rings. The number of likely N-dealkylation sites (tertiary alicyclic amines) is 2. The molecule has 1 N–H and O–H groups in total. The summed E-state index contributed by atoms with van der Waals surface area (Å²) in [7, 11) is 1.47. The van der Waals surface area contributed by atoms with E-state index in [1.54, 1.807) is 0 Å². The van der Waals surface area contributed by atoms with Crippen molar-refractivity contribution in [1.29, 1.82) is 0 Å². The Labute approximate surface area is 169 Å². The van der Waals surface area contributed by atoms with E-state index in [1.807, 2.05) is 0 Å². The molecule has 2 aliphatic heterocycles. The molecule has 25 heavy (non-hydrogen) atoms. The minimum absolute atomic E-state index is 0. The van der Waals surface area contributed by atoms with E-state index in [9.17, 15) is 4.79 Å². The molecule has 2 fully saturated rings. The molecule has 0 saturated carbocycles. The molecule has 2 rings (SSSR count). The Bertz CT molecular complexity index is 425. The lowest BCUT2D eigenvalue weighted by molar-refractivity contribution is -0.145. The SMILES string of the molecule is CCNC(=NCCN1CCCCCC1)N1CC(C)C(C(=O)OC)C1.I. The monoisotopic (exact) mass is 466 g/mol. The van der Waals surface area contributed by atoms with Gasteiger partial charge in [-0.3, -0.25) is 9.79 Å². The minimum Gasteiger partial charge on any atom is -0.469 e. The van der Waals surface area contributed by atoms with Gasteiger partial charge >= 0.3 is 5.97 Å². The average molecular weight is 466 g/mol. The van der Waals surface area contributed by atoms with Crippen LogP contribution >= 0.6 is 24.0 Å². The van der Waals surface area contributed by atoms with Gasteiger partial charge in [-0.25, -0.2) is 0 Å². The van der Waals surface area contributed by atoms with Gasteiger partial charge in [-0.1, -0.05) is 19.8 Å². The zero-order valence-electron chi connectivity index (χ0n) is 16.0. The Balaban J connectivity index is 0.00000312.